The van der Waals surface area contributed by atoms with Gasteiger partial charge in [-0.05, 0) is 35.0 Å². The van der Waals surface area contributed by atoms with Gasteiger partial charge in [0.25, 0.3) is 0 Å². The van der Waals surface area contributed by atoms with Crippen molar-refractivity contribution in [2.75, 3.05) is 39.5 Å². The van der Waals surface area contributed by atoms with Crippen LogP contribution >= 0.6 is 0 Å². The molecule has 0 amide bonds. The van der Waals surface area contributed by atoms with Gasteiger partial charge in [-0.15, -0.1) is 0 Å². The topological polar surface area (TPSA) is 59.0 Å². The van der Waals surface area contributed by atoms with Gasteiger partial charge in [0.15, 0.2) is 0 Å². The van der Waals surface area contributed by atoms with Crippen LogP contribution < -0.4 is 4.74 Å². The van der Waals surface area contributed by atoms with Gasteiger partial charge in [0.2, 0.25) is 0 Å². The fourth-order valence-corrected chi connectivity index (χ4v) is 2.56. The molecule has 0 radical (unpaired) electrons. The number of hydrogen-bond acceptors (Lipinski definition) is 4. The summed E-state index contributed by atoms with van der Waals surface area (Å²) >= 11 is 0. The SMILES string of the molecule is O=C(O)c1ccc2ccc(OCCN3CCOCC3)cc2c1. The molecule has 22 heavy (non-hydrogen) atoms. The average molecular weight is 301 g/mol. The molecule has 1 saturated heterocycles. The van der Waals surface area contributed by atoms with E-state index in [4.69, 9.17) is 14.6 Å². The Morgan fingerprint density at radius 2 is 1.91 bits per heavy atom. The largest absolute Gasteiger partial charge is 0.492 e. The fourth-order valence-electron chi connectivity index (χ4n) is 2.56. The molecule has 5 nitrogen and oxygen atoms in total. The molecule has 5 heteroatoms. The van der Waals surface area contributed by atoms with Gasteiger partial charge in [0, 0.05) is 19.6 Å². The van der Waals surface area contributed by atoms with Gasteiger partial charge in [-0.1, -0.05) is 12.1 Å². The first kappa shape index (κ1) is 14.8. The quantitative estimate of drug-likeness (QED) is 0.918. The van der Waals surface area contributed by atoms with Crippen LogP contribution in [0.25, 0.3) is 10.8 Å². The summed E-state index contributed by atoms with van der Waals surface area (Å²) in [6.07, 6.45) is 0. The van der Waals surface area contributed by atoms with Crippen LogP contribution in [-0.2, 0) is 4.74 Å². The van der Waals surface area contributed by atoms with Crippen LogP contribution in [0.2, 0.25) is 0 Å². The number of ether oxygens (including phenoxy) is 2. The molecule has 1 fully saturated rings. The molecule has 2 aromatic rings. The van der Waals surface area contributed by atoms with Crippen LogP contribution in [0, 0.1) is 0 Å². The highest BCUT2D eigenvalue weighted by Gasteiger charge is 2.10. The molecule has 3 rings (SSSR count). The highest BCUT2D eigenvalue weighted by molar-refractivity contribution is 5.94. The van der Waals surface area contributed by atoms with Crippen molar-refractivity contribution in [3.05, 3.63) is 42.0 Å². The molecule has 0 bridgehead atoms. The first-order valence-electron chi connectivity index (χ1n) is 7.42. The minimum atomic E-state index is -0.916. The van der Waals surface area contributed by atoms with E-state index < -0.39 is 5.97 Å². The normalized spacial score (nSPS) is 15.8. The summed E-state index contributed by atoms with van der Waals surface area (Å²) in [5, 5.41) is 10.9. The number of aromatic carboxylic acids is 1. The minimum absolute atomic E-state index is 0.290. The number of carbonyl (C=O) groups is 1. The standard InChI is InChI=1S/C17H19NO4/c19-17(20)14-2-1-13-3-4-16(12-15(13)11-14)22-10-7-18-5-8-21-9-6-18/h1-4,11-12H,5-10H2,(H,19,20). The Morgan fingerprint density at radius 1 is 1.14 bits per heavy atom. The minimum Gasteiger partial charge on any atom is -0.492 e. The summed E-state index contributed by atoms with van der Waals surface area (Å²) in [6, 6.07) is 10.9. The number of nitrogens with zero attached hydrogens (tertiary/aromatic N) is 1. The van der Waals surface area contributed by atoms with Crippen LogP contribution in [0.5, 0.6) is 5.75 Å². The van der Waals surface area contributed by atoms with Gasteiger partial charge in [0.05, 0.1) is 18.8 Å². The first-order valence-corrected chi connectivity index (χ1v) is 7.42. The van der Waals surface area contributed by atoms with E-state index in [1.807, 2.05) is 24.3 Å². The number of hydrogen-bond donors (Lipinski definition) is 1. The molecular formula is C17H19NO4. The summed E-state index contributed by atoms with van der Waals surface area (Å²) in [4.78, 5) is 13.3. The molecule has 1 aliphatic heterocycles. The van der Waals surface area contributed by atoms with E-state index in [0.29, 0.717) is 6.61 Å². The molecule has 0 saturated carbocycles. The molecule has 0 spiro atoms. The zero-order valence-electron chi connectivity index (χ0n) is 12.3. The molecule has 116 valence electrons. The Labute approximate surface area is 129 Å². The smallest absolute Gasteiger partial charge is 0.335 e. The lowest BCUT2D eigenvalue weighted by Crippen LogP contribution is -2.38. The summed E-state index contributed by atoms with van der Waals surface area (Å²) in [5.41, 5.74) is 0.290. The summed E-state index contributed by atoms with van der Waals surface area (Å²) in [5.74, 6) is -0.149. The lowest BCUT2D eigenvalue weighted by atomic mass is 10.1. The lowest BCUT2D eigenvalue weighted by Gasteiger charge is -2.26. The maximum absolute atomic E-state index is 11.0. The van der Waals surface area contributed by atoms with Crippen molar-refractivity contribution in [1.29, 1.82) is 0 Å². The lowest BCUT2D eigenvalue weighted by molar-refractivity contribution is 0.0322. The maximum Gasteiger partial charge on any atom is 0.335 e. The summed E-state index contributed by atoms with van der Waals surface area (Å²) in [6.45, 7) is 4.95. The number of benzene rings is 2. The number of fused-ring (bicyclic) bond motifs is 1. The van der Waals surface area contributed by atoms with Crippen LogP contribution in [0.3, 0.4) is 0 Å². The summed E-state index contributed by atoms with van der Waals surface area (Å²) < 4.78 is 11.1. The highest BCUT2D eigenvalue weighted by atomic mass is 16.5. The van der Waals surface area contributed by atoms with E-state index in [1.54, 1.807) is 12.1 Å². The van der Waals surface area contributed by atoms with Crippen LogP contribution in [0.1, 0.15) is 10.4 Å². The van der Waals surface area contributed by atoms with Gasteiger partial charge in [-0.2, -0.15) is 0 Å². The van der Waals surface area contributed by atoms with E-state index in [2.05, 4.69) is 4.90 Å². The van der Waals surface area contributed by atoms with Crippen molar-refractivity contribution >= 4 is 16.7 Å². The maximum atomic E-state index is 11.0. The second kappa shape index (κ2) is 6.77. The van der Waals surface area contributed by atoms with Crippen molar-refractivity contribution in [1.82, 2.24) is 4.90 Å². The predicted molar refractivity (Wildman–Crippen MR) is 83.7 cm³/mol. The Bertz CT molecular complexity index is 665. The Balaban J connectivity index is 1.64. The molecule has 1 N–H and O–H groups in total. The Morgan fingerprint density at radius 3 is 2.68 bits per heavy atom. The average Bonchev–Trinajstić information content (AvgIpc) is 2.55. The molecule has 0 unspecified atom stereocenters. The van der Waals surface area contributed by atoms with E-state index in [0.717, 1.165) is 49.4 Å². The fraction of sp³-hybridized carbons (Fsp3) is 0.353. The van der Waals surface area contributed by atoms with Gasteiger partial charge in [-0.3, -0.25) is 4.90 Å². The van der Waals surface area contributed by atoms with Gasteiger partial charge in [-0.25, -0.2) is 4.79 Å². The van der Waals surface area contributed by atoms with E-state index in [9.17, 15) is 4.79 Å². The zero-order valence-corrected chi connectivity index (χ0v) is 12.3. The van der Waals surface area contributed by atoms with Crippen LogP contribution in [0.15, 0.2) is 36.4 Å². The number of carboxylic acids is 1. The molecule has 1 aliphatic rings. The second-order valence-electron chi connectivity index (χ2n) is 5.33. The molecule has 2 aromatic carbocycles. The molecule has 0 atom stereocenters. The van der Waals surface area contributed by atoms with Gasteiger partial charge in [0.1, 0.15) is 12.4 Å². The van der Waals surface area contributed by atoms with Gasteiger partial charge >= 0.3 is 5.97 Å². The van der Waals surface area contributed by atoms with E-state index in [1.165, 1.54) is 0 Å². The molecule has 0 aliphatic carbocycles. The molecule has 0 aromatic heterocycles. The molecular weight excluding hydrogens is 282 g/mol. The number of rotatable bonds is 5. The highest BCUT2D eigenvalue weighted by Crippen LogP contribution is 2.22. The third kappa shape index (κ3) is 3.55. The van der Waals surface area contributed by atoms with Crippen molar-refractivity contribution < 1.29 is 19.4 Å². The Kier molecular flexibility index (Phi) is 4.56. The monoisotopic (exact) mass is 301 g/mol. The van der Waals surface area contributed by atoms with Crippen molar-refractivity contribution in [3.8, 4) is 5.75 Å². The molecule has 1 heterocycles. The van der Waals surface area contributed by atoms with Crippen LogP contribution in [0.4, 0.5) is 0 Å². The third-order valence-electron chi connectivity index (χ3n) is 3.84. The predicted octanol–water partition coefficient (Wildman–Crippen LogP) is 2.25. The van der Waals surface area contributed by atoms with Crippen LogP contribution in [-0.4, -0.2) is 55.4 Å². The van der Waals surface area contributed by atoms with E-state index >= 15 is 0 Å². The van der Waals surface area contributed by atoms with Crippen molar-refractivity contribution in [2.24, 2.45) is 0 Å². The third-order valence-corrected chi connectivity index (χ3v) is 3.84. The number of morpholine rings is 1. The Hall–Kier alpha value is -2.11. The zero-order chi connectivity index (χ0) is 15.4. The van der Waals surface area contributed by atoms with Gasteiger partial charge < -0.3 is 14.6 Å². The first-order chi connectivity index (χ1) is 10.7. The second-order valence-corrected chi connectivity index (χ2v) is 5.33. The summed E-state index contributed by atoms with van der Waals surface area (Å²) in [7, 11) is 0. The van der Waals surface area contributed by atoms with E-state index in [-0.39, 0.29) is 5.56 Å². The number of carboxylic acid groups (broad SMARTS) is 1. The van der Waals surface area contributed by atoms with Crippen molar-refractivity contribution in [3.63, 3.8) is 0 Å². The van der Waals surface area contributed by atoms with Crippen molar-refractivity contribution in [2.45, 2.75) is 0 Å².